The largest absolute Gasteiger partial charge is 0.295 e. The molecule has 0 fully saturated rings. The molecule has 1 heteroatoms. The van der Waals surface area contributed by atoms with E-state index < -0.39 is 0 Å². The smallest absolute Gasteiger partial charge is 0.158 e. The molecule has 0 amide bonds. The molecule has 2 rings (SSSR count). The topological polar surface area (TPSA) is 17.1 Å². The van der Waals surface area contributed by atoms with E-state index >= 15 is 0 Å². The van der Waals surface area contributed by atoms with Crippen LogP contribution in [-0.2, 0) is 11.2 Å². The van der Waals surface area contributed by atoms with Gasteiger partial charge in [-0.15, -0.1) is 0 Å². The minimum Gasteiger partial charge on any atom is -0.295 e. The molecule has 1 aromatic carbocycles. The summed E-state index contributed by atoms with van der Waals surface area (Å²) in [5, 5.41) is 0. The van der Waals surface area contributed by atoms with Crippen LogP contribution < -0.4 is 0 Å². The lowest BCUT2D eigenvalue weighted by Crippen LogP contribution is -2.09. The molecule has 0 spiro atoms. The van der Waals surface area contributed by atoms with Gasteiger partial charge in [-0.1, -0.05) is 35.9 Å². The Morgan fingerprint density at radius 3 is 2.59 bits per heavy atom. The number of rotatable bonds is 4. The highest BCUT2D eigenvalue weighted by Crippen LogP contribution is 2.25. The van der Waals surface area contributed by atoms with Crippen LogP contribution in [-0.4, -0.2) is 5.78 Å². The van der Waals surface area contributed by atoms with E-state index in [-0.39, 0.29) is 0 Å². The molecule has 90 valence electrons. The molecule has 1 nitrogen and oxygen atoms in total. The molecule has 0 heterocycles. The summed E-state index contributed by atoms with van der Waals surface area (Å²) in [5.74, 6) is 0.367. The number of hydrogen-bond donors (Lipinski definition) is 0. The first-order valence-corrected chi connectivity index (χ1v) is 6.53. The zero-order valence-electron chi connectivity index (χ0n) is 10.5. The van der Waals surface area contributed by atoms with Crippen molar-refractivity contribution in [2.75, 3.05) is 0 Å². The highest BCUT2D eigenvalue weighted by Gasteiger charge is 2.15. The van der Waals surface area contributed by atoms with Crippen LogP contribution in [0.4, 0.5) is 0 Å². The van der Waals surface area contributed by atoms with Gasteiger partial charge in [0.05, 0.1) is 0 Å². The van der Waals surface area contributed by atoms with Gasteiger partial charge >= 0.3 is 0 Å². The van der Waals surface area contributed by atoms with Crippen molar-refractivity contribution in [3.05, 3.63) is 47.0 Å². The summed E-state index contributed by atoms with van der Waals surface area (Å²) in [4.78, 5) is 11.6. The lowest BCUT2D eigenvalue weighted by molar-refractivity contribution is -0.116. The van der Waals surface area contributed by atoms with Gasteiger partial charge < -0.3 is 0 Å². The fraction of sp³-hybridized carbons (Fsp3) is 0.438. The van der Waals surface area contributed by atoms with Gasteiger partial charge in [0.1, 0.15) is 0 Å². The van der Waals surface area contributed by atoms with E-state index in [4.69, 9.17) is 0 Å². The number of carbonyl (C=O) groups is 1. The second kappa shape index (κ2) is 5.81. The Labute approximate surface area is 104 Å². The SMILES string of the molecule is CC1=C(CCCc2ccccc2)CCCC1=O. The summed E-state index contributed by atoms with van der Waals surface area (Å²) < 4.78 is 0. The zero-order chi connectivity index (χ0) is 12.1. The number of allylic oxidation sites excluding steroid dienone is 2. The maximum atomic E-state index is 11.6. The lowest BCUT2D eigenvalue weighted by Gasteiger charge is -2.16. The molecule has 1 aliphatic rings. The van der Waals surface area contributed by atoms with E-state index in [9.17, 15) is 4.79 Å². The van der Waals surface area contributed by atoms with E-state index in [1.54, 1.807) is 0 Å². The normalized spacial score (nSPS) is 16.4. The Bertz CT molecular complexity index is 414. The molecule has 0 saturated carbocycles. The highest BCUT2D eigenvalue weighted by molar-refractivity contribution is 5.96. The molecular formula is C16H20O. The van der Waals surface area contributed by atoms with Crippen LogP contribution in [0.3, 0.4) is 0 Å². The van der Waals surface area contributed by atoms with Crippen molar-refractivity contribution in [2.24, 2.45) is 0 Å². The quantitative estimate of drug-likeness (QED) is 0.759. The number of ketones is 1. The lowest BCUT2D eigenvalue weighted by atomic mass is 9.88. The van der Waals surface area contributed by atoms with Crippen LogP contribution in [0.5, 0.6) is 0 Å². The van der Waals surface area contributed by atoms with Crippen LogP contribution >= 0.6 is 0 Å². The van der Waals surface area contributed by atoms with Crippen LogP contribution in [0, 0.1) is 0 Å². The summed E-state index contributed by atoms with van der Waals surface area (Å²) in [6, 6.07) is 10.6. The fourth-order valence-corrected chi connectivity index (χ4v) is 2.50. The Morgan fingerprint density at radius 1 is 1.06 bits per heavy atom. The number of hydrogen-bond acceptors (Lipinski definition) is 1. The van der Waals surface area contributed by atoms with Crippen molar-refractivity contribution in [3.8, 4) is 0 Å². The van der Waals surface area contributed by atoms with Gasteiger partial charge in [0.2, 0.25) is 0 Å². The minimum atomic E-state index is 0.367. The zero-order valence-corrected chi connectivity index (χ0v) is 10.5. The van der Waals surface area contributed by atoms with Gasteiger partial charge in [0.15, 0.2) is 5.78 Å². The Hall–Kier alpha value is -1.37. The van der Waals surface area contributed by atoms with Gasteiger partial charge in [0.25, 0.3) is 0 Å². The van der Waals surface area contributed by atoms with E-state index in [1.165, 1.54) is 11.1 Å². The van der Waals surface area contributed by atoms with Gasteiger partial charge in [-0.05, 0) is 50.2 Å². The van der Waals surface area contributed by atoms with E-state index in [1.807, 2.05) is 6.92 Å². The van der Waals surface area contributed by atoms with Crippen LogP contribution in [0.15, 0.2) is 41.5 Å². The standard InChI is InChI=1S/C16H20O/c1-13-15(11-6-12-16(13)17)10-5-9-14-7-3-2-4-8-14/h2-4,7-8H,5-6,9-12H2,1H3. The molecule has 0 bridgehead atoms. The molecule has 17 heavy (non-hydrogen) atoms. The van der Waals surface area contributed by atoms with Gasteiger partial charge in [-0.3, -0.25) is 4.79 Å². The van der Waals surface area contributed by atoms with Crippen molar-refractivity contribution in [1.29, 1.82) is 0 Å². The molecule has 0 unspecified atom stereocenters. The van der Waals surface area contributed by atoms with Crippen molar-refractivity contribution >= 4 is 5.78 Å². The monoisotopic (exact) mass is 228 g/mol. The average molecular weight is 228 g/mol. The second-order valence-electron chi connectivity index (χ2n) is 4.84. The van der Waals surface area contributed by atoms with Gasteiger partial charge in [0, 0.05) is 6.42 Å². The molecule has 1 aliphatic carbocycles. The highest BCUT2D eigenvalue weighted by atomic mass is 16.1. The fourth-order valence-electron chi connectivity index (χ4n) is 2.50. The Balaban J connectivity index is 1.86. The van der Waals surface area contributed by atoms with E-state index in [0.717, 1.165) is 44.1 Å². The number of aryl methyl sites for hydroxylation is 1. The molecule has 0 radical (unpaired) electrons. The van der Waals surface area contributed by atoms with Crippen molar-refractivity contribution in [3.63, 3.8) is 0 Å². The Kier molecular flexibility index (Phi) is 4.13. The molecule has 0 saturated heterocycles. The summed E-state index contributed by atoms with van der Waals surface area (Å²) in [6.07, 6.45) is 6.31. The summed E-state index contributed by atoms with van der Waals surface area (Å²) in [6.45, 7) is 2.00. The predicted octanol–water partition coefficient (Wildman–Crippen LogP) is 4.08. The predicted molar refractivity (Wildman–Crippen MR) is 70.9 cm³/mol. The molecule has 0 aliphatic heterocycles. The molecule has 0 N–H and O–H groups in total. The van der Waals surface area contributed by atoms with E-state index in [2.05, 4.69) is 30.3 Å². The van der Waals surface area contributed by atoms with Crippen molar-refractivity contribution < 1.29 is 4.79 Å². The van der Waals surface area contributed by atoms with Crippen molar-refractivity contribution in [1.82, 2.24) is 0 Å². The molecule has 0 atom stereocenters. The molecule has 0 aromatic heterocycles. The van der Waals surface area contributed by atoms with Gasteiger partial charge in [-0.2, -0.15) is 0 Å². The minimum absolute atomic E-state index is 0.367. The number of benzene rings is 1. The third-order valence-corrected chi connectivity index (χ3v) is 3.62. The number of Topliss-reactive ketones (excluding diaryl/α,β-unsaturated/α-hetero) is 1. The third kappa shape index (κ3) is 3.29. The Morgan fingerprint density at radius 2 is 1.82 bits per heavy atom. The first kappa shape index (κ1) is 12.1. The molecular weight excluding hydrogens is 208 g/mol. The van der Waals surface area contributed by atoms with Crippen molar-refractivity contribution in [2.45, 2.75) is 45.4 Å². The maximum absolute atomic E-state index is 11.6. The first-order chi connectivity index (χ1) is 8.27. The first-order valence-electron chi connectivity index (χ1n) is 6.53. The summed E-state index contributed by atoms with van der Waals surface area (Å²) in [7, 11) is 0. The third-order valence-electron chi connectivity index (χ3n) is 3.62. The average Bonchev–Trinajstić information content (AvgIpc) is 2.36. The van der Waals surface area contributed by atoms with E-state index in [0.29, 0.717) is 5.78 Å². The van der Waals surface area contributed by atoms with Crippen LogP contribution in [0.2, 0.25) is 0 Å². The molecule has 1 aromatic rings. The second-order valence-corrected chi connectivity index (χ2v) is 4.84. The number of carbonyl (C=O) groups excluding carboxylic acids is 1. The maximum Gasteiger partial charge on any atom is 0.158 e. The van der Waals surface area contributed by atoms with Gasteiger partial charge in [-0.25, -0.2) is 0 Å². The summed E-state index contributed by atoms with van der Waals surface area (Å²) >= 11 is 0. The summed E-state index contributed by atoms with van der Waals surface area (Å²) in [5.41, 5.74) is 3.84. The van der Waals surface area contributed by atoms with Crippen LogP contribution in [0.1, 0.15) is 44.6 Å². The van der Waals surface area contributed by atoms with Crippen LogP contribution in [0.25, 0.3) is 0 Å².